The second kappa shape index (κ2) is 10.1. The van der Waals surface area contributed by atoms with Crippen LogP contribution in [0.1, 0.15) is 24.0 Å². The number of carbonyl (C=O) groups is 1. The Morgan fingerprint density at radius 3 is 2.67 bits per heavy atom. The number of nitriles is 1. The van der Waals surface area contributed by atoms with E-state index in [-0.39, 0.29) is 5.57 Å². The van der Waals surface area contributed by atoms with E-state index in [1.54, 1.807) is 20.3 Å². The number of hydrogen-bond acceptors (Lipinski definition) is 5. The third kappa shape index (κ3) is 4.80. The van der Waals surface area contributed by atoms with E-state index in [2.05, 4.69) is 21.3 Å². The third-order valence-electron chi connectivity index (χ3n) is 6.00. The Hall–Kier alpha value is -3.92. The van der Waals surface area contributed by atoms with Crippen molar-refractivity contribution < 1.29 is 14.3 Å². The summed E-state index contributed by atoms with van der Waals surface area (Å²) in [4.78, 5) is 18.2. The molecule has 1 aromatic heterocycles. The maximum absolute atomic E-state index is 12.7. The van der Waals surface area contributed by atoms with Crippen molar-refractivity contribution in [2.24, 2.45) is 0 Å². The number of fused-ring (bicyclic) bond motifs is 1. The van der Waals surface area contributed by atoms with Crippen LogP contribution in [-0.2, 0) is 11.2 Å². The van der Waals surface area contributed by atoms with Gasteiger partial charge in [0.15, 0.2) is 0 Å². The number of aromatic amines is 1. The Bertz CT molecular complexity index is 1220. The van der Waals surface area contributed by atoms with Crippen molar-refractivity contribution in [3.63, 3.8) is 0 Å². The van der Waals surface area contributed by atoms with Crippen molar-refractivity contribution in [3.05, 3.63) is 59.3 Å². The number of para-hydroxylation sites is 1. The van der Waals surface area contributed by atoms with E-state index in [0.717, 1.165) is 48.1 Å². The molecule has 33 heavy (non-hydrogen) atoms. The van der Waals surface area contributed by atoms with Crippen LogP contribution in [0.15, 0.2) is 48.2 Å². The fourth-order valence-corrected chi connectivity index (χ4v) is 4.27. The maximum atomic E-state index is 12.7. The molecule has 0 aliphatic carbocycles. The number of benzene rings is 2. The standard InChI is InChI=1S/C26H28N4O3/c1-32-24-15-23(30-11-5-6-12-30)25(33-2)14-19(24)13-20(16-27)26(31)28-10-9-18-17-29-22-8-4-3-7-21(18)22/h3-4,7-8,13-15,17,29H,5-6,9-12H2,1-2H3,(H,28,31)/b20-13+. The summed E-state index contributed by atoms with van der Waals surface area (Å²) in [6.45, 7) is 2.36. The van der Waals surface area contributed by atoms with Crippen molar-refractivity contribution >= 4 is 28.6 Å². The summed E-state index contributed by atoms with van der Waals surface area (Å²) in [6, 6.07) is 13.8. The van der Waals surface area contributed by atoms with E-state index in [4.69, 9.17) is 9.47 Å². The zero-order valence-corrected chi connectivity index (χ0v) is 19.0. The minimum Gasteiger partial charge on any atom is -0.496 e. The first kappa shape index (κ1) is 22.3. The molecule has 4 rings (SSSR count). The number of amides is 1. The first-order valence-electron chi connectivity index (χ1n) is 11.1. The molecule has 0 bridgehead atoms. The molecular formula is C26H28N4O3. The van der Waals surface area contributed by atoms with Crippen molar-refractivity contribution in [1.29, 1.82) is 5.26 Å². The lowest BCUT2D eigenvalue weighted by Gasteiger charge is -2.22. The van der Waals surface area contributed by atoms with Crippen molar-refractivity contribution in [2.45, 2.75) is 19.3 Å². The number of hydrogen-bond donors (Lipinski definition) is 2. The van der Waals surface area contributed by atoms with Gasteiger partial charge in [0.05, 0.1) is 19.9 Å². The van der Waals surface area contributed by atoms with Gasteiger partial charge in [-0.05, 0) is 43.0 Å². The van der Waals surface area contributed by atoms with Gasteiger partial charge in [0.25, 0.3) is 5.91 Å². The summed E-state index contributed by atoms with van der Waals surface area (Å²) in [5.74, 6) is 0.875. The van der Waals surface area contributed by atoms with Crippen LogP contribution in [0.5, 0.6) is 11.5 Å². The zero-order valence-electron chi connectivity index (χ0n) is 19.0. The molecule has 0 spiro atoms. The SMILES string of the molecule is COc1cc(N2CCCC2)c(OC)cc1/C=C(\C#N)C(=O)NCCc1c[nH]c2ccccc12. The Morgan fingerprint density at radius 2 is 1.94 bits per heavy atom. The Labute approximate surface area is 193 Å². The summed E-state index contributed by atoms with van der Waals surface area (Å²) in [5, 5.41) is 13.6. The first-order valence-corrected chi connectivity index (χ1v) is 11.1. The lowest BCUT2D eigenvalue weighted by atomic mass is 10.1. The molecule has 7 heteroatoms. The predicted octanol–water partition coefficient (Wildman–Crippen LogP) is 4.05. The van der Waals surface area contributed by atoms with Crippen LogP contribution in [0.25, 0.3) is 17.0 Å². The lowest BCUT2D eigenvalue weighted by molar-refractivity contribution is -0.117. The molecule has 1 aliphatic heterocycles. The van der Waals surface area contributed by atoms with E-state index in [0.29, 0.717) is 30.0 Å². The lowest BCUT2D eigenvalue weighted by Crippen LogP contribution is -2.26. The molecule has 0 saturated carbocycles. The number of H-pyrrole nitrogens is 1. The molecule has 7 nitrogen and oxygen atoms in total. The second-order valence-electron chi connectivity index (χ2n) is 8.00. The number of rotatable bonds is 8. The van der Waals surface area contributed by atoms with Gasteiger partial charge in [-0.25, -0.2) is 0 Å². The van der Waals surface area contributed by atoms with Crippen molar-refractivity contribution in [3.8, 4) is 17.6 Å². The van der Waals surface area contributed by atoms with E-state index in [1.807, 2.05) is 42.6 Å². The highest BCUT2D eigenvalue weighted by Gasteiger charge is 2.20. The van der Waals surface area contributed by atoms with Gasteiger partial charge in [0.1, 0.15) is 23.1 Å². The van der Waals surface area contributed by atoms with Gasteiger partial charge in [-0.3, -0.25) is 4.79 Å². The summed E-state index contributed by atoms with van der Waals surface area (Å²) in [5.41, 5.74) is 3.79. The number of ether oxygens (including phenoxy) is 2. The van der Waals surface area contributed by atoms with Crippen LogP contribution in [0.2, 0.25) is 0 Å². The molecule has 2 aromatic carbocycles. The fourth-order valence-electron chi connectivity index (χ4n) is 4.27. The van der Waals surface area contributed by atoms with Crippen LogP contribution >= 0.6 is 0 Å². The minimum atomic E-state index is -0.415. The van der Waals surface area contributed by atoms with Crippen LogP contribution in [0.3, 0.4) is 0 Å². The number of methoxy groups -OCH3 is 2. The van der Waals surface area contributed by atoms with Gasteiger partial charge < -0.3 is 24.7 Å². The summed E-state index contributed by atoms with van der Waals surface area (Å²) in [6.07, 6.45) is 6.46. The number of nitrogens with zero attached hydrogens (tertiary/aromatic N) is 2. The molecule has 0 atom stereocenters. The fraction of sp³-hybridized carbons (Fsp3) is 0.308. The average Bonchev–Trinajstić information content (AvgIpc) is 3.52. The van der Waals surface area contributed by atoms with E-state index in [1.165, 1.54) is 0 Å². The molecule has 1 aliphatic rings. The average molecular weight is 445 g/mol. The van der Waals surface area contributed by atoms with E-state index >= 15 is 0 Å². The number of aromatic nitrogens is 1. The third-order valence-corrected chi connectivity index (χ3v) is 6.00. The van der Waals surface area contributed by atoms with Crippen LogP contribution in [0, 0.1) is 11.3 Å². The van der Waals surface area contributed by atoms with Crippen LogP contribution < -0.4 is 19.7 Å². The molecule has 1 saturated heterocycles. The monoisotopic (exact) mass is 444 g/mol. The normalized spacial score (nSPS) is 13.7. The second-order valence-corrected chi connectivity index (χ2v) is 8.00. The van der Waals surface area contributed by atoms with Gasteiger partial charge in [-0.1, -0.05) is 18.2 Å². The van der Waals surface area contributed by atoms with Crippen LogP contribution in [0.4, 0.5) is 5.69 Å². The molecule has 3 aromatic rings. The number of carbonyl (C=O) groups excluding carboxylic acids is 1. The van der Waals surface area contributed by atoms with Gasteiger partial charge in [-0.15, -0.1) is 0 Å². The van der Waals surface area contributed by atoms with E-state index in [9.17, 15) is 10.1 Å². The summed E-state index contributed by atoms with van der Waals surface area (Å²) >= 11 is 0. The Morgan fingerprint density at radius 1 is 1.18 bits per heavy atom. The molecule has 2 heterocycles. The highest BCUT2D eigenvalue weighted by molar-refractivity contribution is 6.02. The van der Waals surface area contributed by atoms with Crippen molar-refractivity contribution in [2.75, 3.05) is 38.8 Å². The Kier molecular flexibility index (Phi) is 6.84. The minimum absolute atomic E-state index is 0.0169. The maximum Gasteiger partial charge on any atom is 0.261 e. The molecule has 2 N–H and O–H groups in total. The zero-order chi connectivity index (χ0) is 23.2. The number of nitrogens with one attached hydrogen (secondary N) is 2. The highest BCUT2D eigenvalue weighted by atomic mass is 16.5. The predicted molar refractivity (Wildman–Crippen MR) is 130 cm³/mol. The smallest absolute Gasteiger partial charge is 0.261 e. The molecule has 1 fully saturated rings. The van der Waals surface area contributed by atoms with Crippen molar-refractivity contribution in [1.82, 2.24) is 10.3 Å². The molecule has 0 unspecified atom stereocenters. The summed E-state index contributed by atoms with van der Waals surface area (Å²) in [7, 11) is 3.21. The van der Waals surface area contributed by atoms with Gasteiger partial charge in [0, 0.05) is 48.4 Å². The molecule has 0 radical (unpaired) electrons. The number of anilines is 1. The van der Waals surface area contributed by atoms with E-state index < -0.39 is 5.91 Å². The molecular weight excluding hydrogens is 416 g/mol. The van der Waals surface area contributed by atoms with Gasteiger partial charge in [0.2, 0.25) is 0 Å². The van der Waals surface area contributed by atoms with Gasteiger partial charge in [-0.2, -0.15) is 5.26 Å². The molecule has 170 valence electrons. The van der Waals surface area contributed by atoms with Crippen LogP contribution in [-0.4, -0.2) is 44.7 Å². The highest BCUT2D eigenvalue weighted by Crippen LogP contribution is 2.38. The first-order chi connectivity index (χ1) is 16.1. The summed E-state index contributed by atoms with van der Waals surface area (Å²) < 4.78 is 11.2. The molecule has 1 amide bonds. The van der Waals surface area contributed by atoms with Gasteiger partial charge >= 0.3 is 0 Å². The Balaban J connectivity index is 1.50. The topological polar surface area (TPSA) is 90.4 Å². The largest absolute Gasteiger partial charge is 0.496 e. The quantitative estimate of drug-likeness (QED) is 0.404.